The fraction of sp³-hybridized carbons (Fsp3) is 0.385. The number of amides is 1. The number of rotatable bonds is 7. The van der Waals surface area contributed by atoms with E-state index in [-0.39, 0.29) is 17.1 Å². The lowest BCUT2D eigenvalue weighted by molar-refractivity contribution is 0.0706. The fourth-order valence-corrected chi connectivity index (χ4v) is 4.51. The molecule has 1 atom stereocenters. The first-order valence-electron chi connectivity index (χ1n) is 11.1. The van der Waals surface area contributed by atoms with E-state index >= 15 is 0 Å². The van der Waals surface area contributed by atoms with Crippen molar-refractivity contribution in [3.8, 4) is 5.75 Å². The number of benzene rings is 2. The molecule has 1 aliphatic rings. The molecule has 4 rings (SSSR count). The lowest BCUT2D eigenvalue weighted by atomic mass is 9.96. The third-order valence-corrected chi connectivity index (χ3v) is 6.57. The average Bonchev–Trinajstić information content (AvgIpc) is 3.07. The van der Waals surface area contributed by atoms with Gasteiger partial charge in [0, 0.05) is 18.7 Å². The van der Waals surface area contributed by atoms with Gasteiger partial charge in [-0.1, -0.05) is 32.0 Å². The molecule has 32 heavy (non-hydrogen) atoms. The van der Waals surface area contributed by atoms with E-state index in [2.05, 4.69) is 18.7 Å². The highest BCUT2D eigenvalue weighted by Gasteiger charge is 2.43. The van der Waals surface area contributed by atoms with E-state index in [1.54, 1.807) is 12.0 Å². The summed E-state index contributed by atoms with van der Waals surface area (Å²) in [7, 11) is 1.60. The van der Waals surface area contributed by atoms with E-state index < -0.39 is 6.04 Å². The Bertz CT molecular complexity index is 1230. The number of para-hydroxylation sites is 1. The number of nitrogens with zero attached hydrogens (tertiary/aromatic N) is 2. The number of carbonyl (C=O) groups excluding carboxylic acids is 1. The van der Waals surface area contributed by atoms with Crippen LogP contribution < -0.4 is 10.2 Å². The van der Waals surface area contributed by atoms with Gasteiger partial charge in [-0.3, -0.25) is 9.59 Å². The predicted octanol–water partition coefficient (Wildman–Crippen LogP) is 4.31. The number of fused-ring (bicyclic) bond motifs is 2. The molecule has 0 radical (unpaired) electrons. The molecule has 0 bridgehead atoms. The molecule has 168 valence electrons. The Kier molecular flexibility index (Phi) is 6.07. The molecule has 0 aliphatic carbocycles. The second-order valence-corrected chi connectivity index (χ2v) is 8.28. The Morgan fingerprint density at radius 2 is 1.75 bits per heavy atom. The van der Waals surface area contributed by atoms with Gasteiger partial charge in [0.2, 0.25) is 5.76 Å². The summed E-state index contributed by atoms with van der Waals surface area (Å²) in [6.07, 6.45) is 0. The first-order chi connectivity index (χ1) is 15.4. The molecule has 1 aromatic heterocycles. The minimum Gasteiger partial charge on any atom is -0.496 e. The Balaban J connectivity index is 1.93. The molecule has 1 amide bonds. The van der Waals surface area contributed by atoms with Gasteiger partial charge >= 0.3 is 0 Å². The summed E-state index contributed by atoms with van der Waals surface area (Å²) >= 11 is 0. The molecule has 3 aromatic rings. The molecule has 0 fully saturated rings. The highest BCUT2D eigenvalue weighted by Crippen LogP contribution is 2.41. The summed E-state index contributed by atoms with van der Waals surface area (Å²) in [4.78, 5) is 31.3. The van der Waals surface area contributed by atoms with Crippen LogP contribution in [0.3, 0.4) is 0 Å². The van der Waals surface area contributed by atoms with Crippen molar-refractivity contribution >= 4 is 16.9 Å². The van der Waals surface area contributed by atoms with Gasteiger partial charge in [0.15, 0.2) is 5.43 Å². The van der Waals surface area contributed by atoms with Crippen molar-refractivity contribution in [1.82, 2.24) is 9.80 Å². The van der Waals surface area contributed by atoms with Crippen molar-refractivity contribution in [3.63, 3.8) is 0 Å². The summed E-state index contributed by atoms with van der Waals surface area (Å²) < 4.78 is 11.7. The van der Waals surface area contributed by atoms with E-state index in [1.807, 2.05) is 50.2 Å². The highest BCUT2D eigenvalue weighted by atomic mass is 16.5. The maximum atomic E-state index is 13.7. The molecular formula is C26H30N2O4. The van der Waals surface area contributed by atoms with Crippen molar-refractivity contribution in [2.45, 2.75) is 33.7 Å². The minimum absolute atomic E-state index is 0.140. The topological polar surface area (TPSA) is 63.0 Å². The van der Waals surface area contributed by atoms with Gasteiger partial charge in [-0.25, -0.2) is 0 Å². The van der Waals surface area contributed by atoms with Crippen LogP contribution in [0.2, 0.25) is 0 Å². The van der Waals surface area contributed by atoms with Crippen LogP contribution in [0.5, 0.6) is 5.75 Å². The number of hydrogen-bond donors (Lipinski definition) is 0. The molecule has 0 spiro atoms. The predicted molar refractivity (Wildman–Crippen MR) is 126 cm³/mol. The van der Waals surface area contributed by atoms with Gasteiger partial charge in [-0.2, -0.15) is 0 Å². The molecule has 6 nitrogen and oxygen atoms in total. The third kappa shape index (κ3) is 3.58. The maximum Gasteiger partial charge on any atom is 0.290 e. The van der Waals surface area contributed by atoms with Crippen LogP contribution in [0.25, 0.3) is 11.0 Å². The zero-order valence-electron chi connectivity index (χ0n) is 19.4. The van der Waals surface area contributed by atoms with Crippen molar-refractivity contribution in [1.29, 1.82) is 0 Å². The number of hydrogen-bond acceptors (Lipinski definition) is 5. The van der Waals surface area contributed by atoms with E-state index in [0.29, 0.717) is 35.4 Å². The number of aryl methyl sites for hydroxylation is 2. The molecule has 0 saturated heterocycles. The second-order valence-electron chi connectivity index (χ2n) is 8.28. The van der Waals surface area contributed by atoms with Gasteiger partial charge in [-0.05, 0) is 56.3 Å². The lowest BCUT2D eigenvalue weighted by Crippen LogP contribution is -2.38. The zero-order valence-corrected chi connectivity index (χ0v) is 19.4. The first-order valence-corrected chi connectivity index (χ1v) is 11.1. The molecule has 6 heteroatoms. The zero-order chi connectivity index (χ0) is 23.0. The Hall–Kier alpha value is -3.12. The van der Waals surface area contributed by atoms with Crippen LogP contribution >= 0.6 is 0 Å². The summed E-state index contributed by atoms with van der Waals surface area (Å²) in [5.41, 5.74) is 3.52. The third-order valence-electron chi connectivity index (χ3n) is 6.57. The van der Waals surface area contributed by atoms with Gasteiger partial charge in [0.1, 0.15) is 11.3 Å². The van der Waals surface area contributed by atoms with E-state index in [1.165, 1.54) is 0 Å². The van der Waals surface area contributed by atoms with Crippen molar-refractivity contribution in [3.05, 3.63) is 74.6 Å². The number of ether oxygens (including phenoxy) is 1. The number of methoxy groups -OCH3 is 1. The Morgan fingerprint density at radius 1 is 1.06 bits per heavy atom. The Morgan fingerprint density at radius 3 is 2.44 bits per heavy atom. The quantitative estimate of drug-likeness (QED) is 0.555. The summed E-state index contributed by atoms with van der Waals surface area (Å²) in [6.45, 7) is 11.1. The van der Waals surface area contributed by atoms with Crippen molar-refractivity contribution < 1.29 is 13.9 Å². The van der Waals surface area contributed by atoms with Crippen LogP contribution in [0.1, 0.15) is 52.7 Å². The molecule has 2 heterocycles. The molecule has 2 aromatic carbocycles. The van der Waals surface area contributed by atoms with E-state index in [9.17, 15) is 9.59 Å². The standard InChI is InChI=1S/C26H30N2O4/c1-6-27(7-2)12-13-28-23(18-10-8-9-11-20(18)31-5)22-24(29)19-14-16(3)17(4)15-21(19)32-25(22)26(28)30/h8-11,14-15,23H,6-7,12-13H2,1-5H3/t23-/m1/s1. The molecule has 0 unspecified atom stereocenters. The van der Waals surface area contributed by atoms with Gasteiger partial charge < -0.3 is 19.0 Å². The van der Waals surface area contributed by atoms with Gasteiger partial charge in [0.25, 0.3) is 5.91 Å². The molecule has 0 N–H and O–H groups in total. The van der Waals surface area contributed by atoms with Gasteiger partial charge in [0.05, 0.1) is 24.1 Å². The van der Waals surface area contributed by atoms with E-state index in [0.717, 1.165) is 29.8 Å². The van der Waals surface area contributed by atoms with Crippen LogP contribution in [0, 0.1) is 13.8 Å². The molecule has 0 saturated carbocycles. The van der Waals surface area contributed by atoms with Crippen LogP contribution in [0.4, 0.5) is 0 Å². The summed E-state index contributed by atoms with van der Waals surface area (Å²) in [6, 6.07) is 10.7. The second kappa shape index (κ2) is 8.79. The fourth-order valence-electron chi connectivity index (χ4n) is 4.51. The Labute approximate surface area is 188 Å². The molecular weight excluding hydrogens is 404 g/mol. The highest BCUT2D eigenvalue weighted by molar-refractivity contribution is 5.99. The van der Waals surface area contributed by atoms with Crippen LogP contribution in [-0.2, 0) is 0 Å². The summed E-state index contributed by atoms with van der Waals surface area (Å²) in [5.74, 6) is 0.534. The van der Waals surface area contributed by atoms with Crippen LogP contribution in [-0.4, -0.2) is 49.0 Å². The monoisotopic (exact) mass is 434 g/mol. The van der Waals surface area contributed by atoms with Crippen molar-refractivity contribution in [2.24, 2.45) is 0 Å². The summed E-state index contributed by atoms with van der Waals surface area (Å²) in [5, 5.41) is 0.505. The average molecular weight is 435 g/mol. The van der Waals surface area contributed by atoms with Gasteiger partial charge in [-0.15, -0.1) is 0 Å². The smallest absolute Gasteiger partial charge is 0.290 e. The van der Waals surface area contributed by atoms with Crippen LogP contribution in [0.15, 0.2) is 45.6 Å². The first kappa shape index (κ1) is 22.1. The maximum absolute atomic E-state index is 13.7. The number of likely N-dealkylation sites (N-methyl/N-ethyl adjacent to an activating group) is 1. The lowest BCUT2D eigenvalue weighted by Gasteiger charge is -2.28. The minimum atomic E-state index is -0.550. The normalized spacial score (nSPS) is 15.6. The van der Waals surface area contributed by atoms with E-state index in [4.69, 9.17) is 9.15 Å². The largest absolute Gasteiger partial charge is 0.496 e. The van der Waals surface area contributed by atoms with Crippen molar-refractivity contribution in [2.75, 3.05) is 33.3 Å². The number of carbonyl (C=O) groups is 1. The molecule has 1 aliphatic heterocycles. The SMILES string of the molecule is CCN(CC)CCN1C(=O)c2oc3cc(C)c(C)cc3c(=O)c2[C@H]1c1ccccc1OC.